The molecule has 8 heteroatoms. The molecule has 1 aliphatic heterocycles. The highest BCUT2D eigenvalue weighted by molar-refractivity contribution is 6.35. The lowest BCUT2D eigenvalue weighted by Gasteiger charge is -2.32. The van der Waals surface area contributed by atoms with Gasteiger partial charge in [0.2, 0.25) is 0 Å². The van der Waals surface area contributed by atoms with Crippen molar-refractivity contribution in [3.63, 3.8) is 0 Å². The first-order chi connectivity index (χ1) is 11.0. The van der Waals surface area contributed by atoms with Crippen LogP contribution in [0.4, 0.5) is 5.69 Å². The summed E-state index contributed by atoms with van der Waals surface area (Å²) >= 11 is 12.2. The molecule has 3 rings (SSSR count). The van der Waals surface area contributed by atoms with Gasteiger partial charge < -0.3 is 20.2 Å². The number of fused-ring (bicyclic) bond motifs is 1. The first-order valence-corrected chi connectivity index (χ1v) is 7.54. The Kier molecular flexibility index (Phi) is 4.19. The average Bonchev–Trinajstić information content (AvgIpc) is 3.00. The molecule has 1 aromatic heterocycles. The number of carbonyl (C=O) groups is 2. The number of aliphatic carboxylic acids is 1. The van der Waals surface area contributed by atoms with E-state index in [4.69, 9.17) is 27.6 Å². The van der Waals surface area contributed by atoms with Crippen LogP contribution in [0.5, 0.6) is 0 Å². The summed E-state index contributed by atoms with van der Waals surface area (Å²) in [5.74, 6) is -1.32. The number of rotatable bonds is 3. The van der Waals surface area contributed by atoms with E-state index in [0.717, 1.165) is 0 Å². The molecule has 2 heterocycles. The van der Waals surface area contributed by atoms with Crippen molar-refractivity contribution in [1.29, 1.82) is 0 Å². The van der Waals surface area contributed by atoms with Gasteiger partial charge in [0, 0.05) is 27.7 Å². The number of halogens is 2. The highest BCUT2D eigenvalue weighted by Crippen LogP contribution is 2.39. The van der Waals surface area contributed by atoms with Gasteiger partial charge in [-0.05, 0) is 24.3 Å². The maximum atomic E-state index is 12.2. The van der Waals surface area contributed by atoms with Gasteiger partial charge in [0.15, 0.2) is 5.76 Å². The van der Waals surface area contributed by atoms with Crippen LogP contribution in [0.25, 0.3) is 0 Å². The number of nitrogens with one attached hydrogen (secondary N) is 2. The molecule has 0 radical (unpaired) electrons. The molecule has 0 bridgehead atoms. The zero-order valence-electron chi connectivity index (χ0n) is 11.7. The number of carbonyl (C=O) groups excluding carboxylic acids is 1. The van der Waals surface area contributed by atoms with Crippen molar-refractivity contribution in [2.24, 2.45) is 0 Å². The molecule has 0 fully saturated rings. The fourth-order valence-electron chi connectivity index (χ4n) is 2.59. The third-order valence-electron chi connectivity index (χ3n) is 3.59. The molecule has 1 aliphatic rings. The van der Waals surface area contributed by atoms with Gasteiger partial charge in [-0.25, -0.2) is 4.79 Å². The zero-order valence-corrected chi connectivity index (χ0v) is 13.2. The number of carboxylic acids is 1. The highest BCUT2D eigenvalue weighted by atomic mass is 35.5. The Morgan fingerprint density at radius 3 is 2.78 bits per heavy atom. The monoisotopic (exact) mass is 354 g/mol. The molecule has 2 atom stereocenters. The van der Waals surface area contributed by atoms with E-state index < -0.39 is 24.0 Å². The van der Waals surface area contributed by atoms with Gasteiger partial charge in [-0.1, -0.05) is 23.2 Å². The standard InChI is InChI=1S/C15H12Cl2N2O4/c16-7-4-8(17)13-9(5-7)18-11(15(21)22)6-10(13)19-14(20)12-2-1-3-23-12/h1-5,10-11,18H,6H2,(H,19,20)(H,21,22). The Morgan fingerprint density at radius 2 is 2.13 bits per heavy atom. The molecule has 0 spiro atoms. The smallest absolute Gasteiger partial charge is 0.326 e. The van der Waals surface area contributed by atoms with Crippen LogP contribution < -0.4 is 10.6 Å². The van der Waals surface area contributed by atoms with Crippen molar-refractivity contribution in [2.45, 2.75) is 18.5 Å². The van der Waals surface area contributed by atoms with Crippen LogP contribution in [0.1, 0.15) is 28.6 Å². The maximum Gasteiger partial charge on any atom is 0.326 e. The summed E-state index contributed by atoms with van der Waals surface area (Å²) in [7, 11) is 0. The number of hydrogen-bond donors (Lipinski definition) is 3. The van der Waals surface area contributed by atoms with Gasteiger partial charge in [0.25, 0.3) is 5.91 Å². The fourth-order valence-corrected chi connectivity index (χ4v) is 3.21. The molecule has 23 heavy (non-hydrogen) atoms. The van der Waals surface area contributed by atoms with Crippen LogP contribution in [-0.2, 0) is 4.79 Å². The third-order valence-corrected chi connectivity index (χ3v) is 4.12. The topological polar surface area (TPSA) is 91.6 Å². The fraction of sp³-hybridized carbons (Fsp3) is 0.200. The second-order valence-corrected chi connectivity index (χ2v) is 5.97. The Labute approximate surface area is 141 Å². The molecule has 0 saturated heterocycles. The number of furan rings is 1. The van der Waals surface area contributed by atoms with Crippen molar-refractivity contribution >= 4 is 40.8 Å². The van der Waals surface area contributed by atoms with Gasteiger partial charge in [-0.2, -0.15) is 0 Å². The van der Waals surface area contributed by atoms with Gasteiger partial charge in [-0.15, -0.1) is 0 Å². The van der Waals surface area contributed by atoms with E-state index in [0.29, 0.717) is 21.3 Å². The summed E-state index contributed by atoms with van der Waals surface area (Å²) < 4.78 is 5.05. The lowest BCUT2D eigenvalue weighted by Crippen LogP contribution is -2.41. The van der Waals surface area contributed by atoms with Crippen LogP contribution in [0.3, 0.4) is 0 Å². The van der Waals surface area contributed by atoms with E-state index >= 15 is 0 Å². The second kappa shape index (κ2) is 6.14. The van der Waals surface area contributed by atoms with Crippen LogP contribution in [0, 0.1) is 0 Å². The molecular weight excluding hydrogens is 343 g/mol. The number of benzene rings is 1. The van der Waals surface area contributed by atoms with Crippen molar-refractivity contribution in [2.75, 3.05) is 5.32 Å². The van der Waals surface area contributed by atoms with Gasteiger partial charge in [-0.3, -0.25) is 4.79 Å². The summed E-state index contributed by atoms with van der Waals surface area (Å²) in [5, 5.41) is 15.6. The minimum Gasteiger partial charge on any atom is -0.480 e. The predicted octanol–water partition coefficient (Wildman–Crippen LogP) is 3.33. The molecule has 0 aliphatic carbocycles. The quantitative estimate of drug-likeness (QED) is 0.786. The lowest BCUT2D eigenvalue weighted by molar-refractivity contribution is -0.138. The summed E-state index contributed by atoms with van der Waals surface area (Å²) in [6.45, 7) is 0. The van der Waals surface area contributed by atoms with Crippen molar-refractivity contribution in [3.8, 4) is 0 Å². The van der Waals surface area contributed by atoms with Crippen LogP contribution in [0.2, 0.25) is 10.0 Å². The van der Waals surface area contributed by atoms with Gasteiger partial charge >= 0.3 is 5.97 Å². The van der Waals surface area contributed by atoms with Crippen LogP contribution >= 0.6 is 23.2 Å². The molecule has 1 aromatic carbocycles. The van der Waals surface area contributed by atoms with E-state index in [1.165, 1.54) is 12.3 Å². The number of amides is 1. The molecule has 120 valence electrons. The molecule has 2 unspecified atom stereocenters. The SMILES string of the molecule is O=C(NC1CC(C(=O)O)Nc2cc(Cl)cc(Cl)c21)c1ccco1. The van der Waals surface area contributed by atoms with Crippen molar-refractivity contribution in [3.05, 3.63) is 51.9 Å². The van der Waals surface area contributed by atoms with Crippen LogP contribution in [-0.4, -0.2) is 23.0 Å². The Morgan fingerprint density at radius 1 is 1.35 bits per heavy atom. The number of hydrogen-bond acceptors (Lipinski definition) is 4. The molecule has 2 aromatic rings. The molecule has 3 N–H and O–H groups in total. The first kappa shape index (κ1) is 15.7. The van der Waals surface area contributed by atoms with Crippen molar-refractivity contribution < 1.29 is 19.1 Å². The number of anilines is 1. The largest absolute Gasteiger partial charge is 0.480 e. The maximum absolute atomic E-state index is 12.2. The van der Waals surface area contributed by atoms with Crippen LogP contribution in [0.15, 0.2) is 34.9 Å². The minimum atomic E-state index is -1.02. The first-order valence-electron chi connectivity index (χ1n) is 6.78. The van der Waals surface area contributed by atoms with Crippen molar-refractivity contribution in [1.82, 2.24) is 5.32 Å². The van der Waals surface area contributed by atoms with E-state index in [2.05, 4.69) is 10.6 Å². The Hall–Kier alpha value is -2.18. The Balaban J connectivity index is 1.96. The lowest BCUT2D eigenvalue weighted by atomic mass is 9.92. The zero-order chi connectivity index (χ0) is 16.6. The van der Waals surface area contributed by atoms with E-state index in [1.54, 1.807) is 18.2 Å². The molecular formula is C15H12Cl2N2O4. The predicted molar refractivity (Wildman–Crippen MR) is 85.0 cm³/mol. The summed E-state index contributed by atoms with van der Waals surface area (Å²) in [4.78, 5) is 23.5. The Bertz CT molecular complexity index is 761. The molecule has 6 nitrogen and oxygen atoms in total. The average molecular weight is 355 g/mol. The minimum absolute atomic E-state index is 0.141. The van der Waals surface area contributed by atoms with Gasteiger partial charge in [0.05, 0.1) is 12.3 Å². The summed E-state index contributed by atoms with van der Waals surface area (Å²) in [5.41, 5.74) is 1.10. The normalized spacial score (nSPS) is 19.6. The highest BCUT2D eigenvalue weighted by Gasteiger charge is 2.33. The van der Waals surface area contributed by atoms with E-state index in [1.807, 2.05) is 0 Å². The summed E-state index contributed by atoms with van der Waals surface area (Å²) in [6, 6.07) is 4.82. The third kappa shape index (κ3) is 3.13. The molecule has 0 saturated carbocycles. The number of carboxylic acid groups (broad SMARTS) is 1. The summed E-state index contributed by atoms with van der Waals surface area (Å²) in [6.07, 6.45) is 1.54. The van der Waals surface area contributed by atoms with Gasteiger partial charge in [0.1, 0.15) is 6.04 Å². The second-order valence-electron chi connectivity index (χ2n) is 5.12. The van der Waals surface area contributed by atoms with E-state index in [-0.39, 0.29) is 12.2 Å². The molecule has 1 amide bonds. The van der Waals surface area contributed by atoms with E-state index in [9.17, 15) is 14.7 Å².